The smallest absolute Gasteiger partial charge is 0.0630 e. The second-order valence-corrected chi connectivity index (χ2v) is 4.71. The minimum atomic E-state index is 0.00617. The molecule has 1 aromatic heterocycles. The quantitative estimate of drug-likeness (QED) is 0.708. The van der Waals surface area contributed by atoms with Gasteiger partial charge in [-0.15, -0.1) is 23.2 Å². The number of rotatable bonds is 6. The summed E-state index contributed by atoms with van der Waals surface area (Å²) >= 11 is 12.1. The summed E-state index contributed by atoms with van der Waals surface area (Å²) in [6, 6.07) is 2.03. The molecule has 1 rings (SSSR count). The molecule has 2 nitrogen and oxygen atoms in total. The van der Waals surface area contributed by atoms with Crippen molar-refractivity contribution in [2.24, 2.45) is 12.5 Å². The first-order chi connectivity index (χ1) is 7.15. The molecule has 0 unspecified atom stereocenters. The first-order valence-corrected chi connectivity index (χ1v) is 6.33. The molecule has 0 atom stereocenters. The maximum Gasteiger partial charge on any atom is 0.0630 e. The van der Waals surface area contributed by atoms with Crippen LogP contribution >= 0.6 is 23.2 Å². The number of hydrogen-bond donors (Lipinski definition) is 0. The molecule has 1 aromatic rings. The average Bonchev–Trinajstić information content (AvgIpc) is 2.63. The molecule has 0 N–H and O–H groups in total. The first kappa shape index (κ1) is 12.9. The lowest BCUT2D eigenvalue weighted by molar-refractivity contribution is 0.336. The summed E-state index contributed by atoms with van der Waals surface area (Å²) in [6.45, 7) is 2.16. The van der Waals surface area contributed by atoms with E-state index >= 15 is 0 Å². The zero-order valence-corrected chi connectivity index (χ0v) is 10.9. The van der Waals surface area contributed by atoms with Gasteiger partial charge in [-0.05, 0) is 18.9 Å². The van der Waals surface area contributed by atoms with Crippen LogP contribution in [0.4, 0.5) is 0 Å². The van der Waals surface area contributed by atoms with E-state index in [0.717, 1.165) is 25.0 Å². The molecule has 0 aliphatic heterocycles. The Kier molecular flexibility index (Phi) is 4.94. The molecule has 4 heteroatoms. The van der Waals surface area contributed by atoms with Crippen molar-refractivity contribution in [3.63, 3.8) is 0 Å². The van der Waals surface area contributed by atoms with Crippen LogP contribution in [-0.4, -0.2) is 21.5 Å². The largest absolute Gasteiger partial charge is 0.276 e. The molecule has 1 heterocycles. The van der Waals surface area contributed by atoms with Gasteiger partial charge in [0.15, 0.2) is 0 Å². The summed E-state index contributed by atoms with van der Waals surface area (Å²) in [5.41, 5.74) is 1.08. The van der Waals surface area contributed by atoms with Crippen molar-refractivity contribution in [3.05, 3.63) is 18.0 Å². The highest BCUT2D eigenvalue weighted by Gasteiger charge is 2.28. The Bertz CT molecular complexity index is 293. The Labute approximate surface area is 102 Å². The fourth-order valence-electron chi connectivity index (χ4n) is 1.82. The summed E-state index contributed by atoms with van der Waals surface area (Å²) in [6.07, 6.45) is 4.98. The molecule has 0 saturated carbocycles. The van der Waals surface area contributed by atoms with Crippen LogP contribution in [0.2, 0.25) is 0 Å². The summed E-state index contributed by atoms with van der Waals surface area (Å²) in [5.74, 6) is 1.20. The number of nitrogens with zero attached hydrogens (tertiary/aromatic N) is 2. The molecule has 0 spiro atoms. The lowest BCUT2D eigenvalue weighted by atomic mass is 9.83. The maximum absolute atomic E-state index is 6.04. The van der Waals surface area contributed by atoms with Gasteiger partial charge in [0.25, 0.3) is 0 Å². The minimum Gasteiger partial charge on any atom is -0.276 e. The van der Waals surface area contributed by atoms with Crippen LogP contribution in [0.25, 0.3) is 0 Å². The second kappa shape index (κ2) is 5.76. The molecule has 0 aliphatic carbocycles. The van der Waals surface area contributed by atoms with Crippen molar-refractivity contribution in [2.45, 2.75) is 26.2 Å². The van der Waals surface area contributed by atoms with E-state index in [0.29, 0.717) is 11.8 Å². The van der Waals surface area contributed by atoms with Crippen LogP contribution in [0.3, 0.4) is 0 Å². The van der Waals surface area contributed by atoms with E-state index in [-0.39, 0.29) is 5.41 Å². The van der Waals surface area contributed by atoms with E-state index in [1.165, 1.54) is 0 Å². The lowest BCUT2D eigenvalue weighted by Gasteiger charge is -2.28. The normalized spacial score (nSPS) is 12.0. The predicted molar refractivity (Wildman–Crippen MR) is 65.7 cm³/mol. The zero-order valence-electron chi connectivity index (χ0n) is 9.34. The second-order valence-electron chi connectivity index (χ2n) is 4.17. The molecule has 0 bridgehead atoms. The summed E-state index contributed by atoms with van der Waals surface area (Å²) in [4.78, 5) is 0. The van der Waals surface area contributed by atoms with Crippen molar-refractivity contribution in [2.75, 3.05) is 11.8 Å². The molecule has 15 heavy (non-hydrogen) atoms. The van der Waals surface area contributed by atoms with Gasteiger partial charge in [-0.25, -0.2) is 0 Å². The molecule has 0 amide bonds. The molecule has 0 radical (unpaired) electrons. The minimum absolute atomic E-state index is 0.00617. The average molecular weight is 249 g/mol. The highest BCUT2D eigenvalue weighted by molar-refractivity contribution is 6.21. The van der Waals surface area contributed by atoms with Gasteiger partial charge in [-0.1, -0.05) is 13.3 Å². The molecule has 0 fully saturated rings. The summed E-state index contributed by atoms with van der Waals surface area (Å²) < 4.78 is 1.81. The molecule has 86 valence electrons. The van der Waals surface area contributed by atoms with Crippen LogP contribution in [0.5, 0.6) is 0 Å². The van der Waals surface area contributed by atoms with E-state index in [4.69, 9.17) is 23.2 Å². The number of alkyl halides is 2. The van der Waals surface area contributed by atoms with Crippen LogP contribution < -0.4 is 0 Å². The third kappa shape index (κ3) is 3.39. The highest BCUT2D eigenvalue weighted by atomic mass is 35.5. The van der Waals surface area contributed by atoms with Gasteiger partial charge in [-0.3, -0.25) is 4.68 Å². The maximum atomic E-state index is 6.04. The first-order valence-electron chi connectivity index (χ1n) is 5.26. The third-order valence-electron chi connectivity index (χ3n) is 2.67. The van der Waals surface area contributed by atoms with Gasteiger partial charge >= 0.3 is 0 Å². The lowest BCUT2D eigenvalue weighted by Crippen LogP contribution is -2.28. The van der Waals surface area contributed by atoms with E-state index in [1.54, 1.807) is 0 Å². The zero-order chi connectivity index (χ0) is 11.3. The van der Waals surface area contributed by atoms with Gasteiger partial charge in [0.1, 0.15) is 0 Å². The predicted octanol–water partition coefficient (Wildman–Crippen LogP) is 3.23. The molecular weight excluding hydrogens is 231 g/mol. The van der Waals surface area contributed by atoms with Gasteiger partial charge in [0.05, 0.1) is 5.69 Å². The molecule has 0 saturated heterocycles. The van der Waals surface area contributed by atoms with Gasteiger partial charge in [0, 0.05) is 30.4 Å². The molecule has 0 aliphatic rings. The highest BCUT2D eigenvalue weighted by Crippen LogP contribution is 2.31. The van der Waals surface area contributed by atoms with Crippen LogP contribution in [0.1, 0.15) is 25.5 Å². The van der Waals surface area contributed by atoms with E-state index in [2.05, 4.69) is 12.0 Å². The Morgan fingerprint density at radius 3 is 2.47 bits per heavy atom. The molecule has 0 aromatic carbocycles. The van der Waals surface area contributed by atoms with E-state index < -0.39 is 0 Å². The third-order valence-corrected chi connectivity index (χ3v) is 3.81. The fourth-order valence-corrected chi connectivity index (χ4v) is 2.57. The Hall–Kier alpha value is -0.210. The van der Waals surface area contributed by atoms with Crippen molar-refractivity contribution in [1.82, 2.24) is 9.78 Å². The van der Waals surface area contributed by atoms with Crippen molar-refractivity contribution >= 4 is 23.2 Å². The van der Waals surface area contributed by atoms with E-state index in [9.17, 15) is 0 Å². The number of hydrogen-bond acceptors (Lipinski definition) is 1. The van der Waals surface area contributed by atoms with E-state index in [1.807, 2.05) is 24.0 Å². The summed E-state index contributed by atoms with van der Waals surface area (Å²) in [5, 5.41) is 4.37. The van der Waals surface area contributed by atoms with Crippen molar-refractivity contribution in [3.8, 4) is 0 Å². The Balaban J connectivity index is 2.73. The SMILES string of the molecule is CCCC(CCl)(CCl)Cc1ccn(C)n1. The number of aromatic nitrogens is 2. The van der Waals surface area contributed by atoms with Crippen LogP contribution in [0, 0.1) is 5.41 Å². The number of aryl methyl sites for hydroxylation is 1. The van der Waals surface area contributed by atoms with Crippen molar-refractivity contribution in [1.29, 1.82) is 0 Å². The summed E-state index contributed by atoms with van der Waals surface area (Å²) in [7, 11) is 1.92. The van der Waals surface area contributed by atoms with Crippen LogP contribution in [-0.2, 0) is 13.5 Å². The topological polar surface area (TPSA) is 17.8 Å². The van der Waals surface area contributed by atoms with Gasteiger partial charge < -0.3 is 0 Å². The monoisotopic (exact) mass is 248 g/mol. The van der Waals surface area contributed by atoms with Crippen LogP contribution in [0.15, 0.2) is 12.3 Å². The molecular formula is C11H18Cl2N2. The van der Waals surface area contributed by atoms with Gasteiger partial charge in [0.2, 0.25) is 0 Å². The fraction of sp³-hybridized carbons (Fsp3) is 0.727. The Morgan fingerprint density at radius 2 is 2.07 bits per heavy atom. The standard InChI is InChI=1S/C11H18Cl2N2/c1-3-5-11(8-12,9-13)7-10-4-6-15(2)14-10/h4,6H,3,5,7-9H2,1-2H3. The Morgan fingerprint density at radius 1 is 1.40 bits per heavy atom. The van der Waals surface area contributed by atoms with Crippen molar-refractivity contribution < 1.29 is 0 Å². The number of halogens is 2. The van der Waals surface area contributed by atoms with Gasteiger partial charge in [-0.2, -0.15) is 5.10 Å².